The number of likely N-dealkylation sites (N-methyl/N-ethyl adjacent to an activating group) is 1. The predicted octanol–water partition coefficient (Wildman–Crippen LogP) is 4.38. The standard InChI is InChI=1S/C16H16BrF2NO/c1-20-15(13-12(18)9-8-11(17)14(13)19)16(21-2)10-6-4-3-5-7-10/h3-9,15-16,20H,1-2H3. The first-order valence-electron chi connectivity index (χ1n) is 6.48. The fourth-order valence-corrected chi connectivity index (χ4v) is 2.73. The molecule has 5 heteroatoms. The van der Waals surface area contributed by atoms with Gasteiger partial charge in [0.15, 0.2) is 0 Å². The van der Waals surface area contributed by atoms with Crippen molar-refractivity contribution in [1.82, 2.24) is 5.32 Å². The van der Waals surface area contributed by atoms with Crippen LogP contribution in [0.1, 0.15) is 23.3 Å². The molecule has 0 bridgehead atoms. The summed E-state index contributed by atoms with van der Waals surface area (Å²) in [7, 11) is 3.18. The second kappa shape index (κ2) is 7.11. The van der Waals surface area contributed by atoms with Gasteiger partial charge in [0, 0.05) is 12.7 Å². The van der Waals surface area contributed by atoms with E-state index < -0.39 is 23.8 Å². The average Bonchev–Trinajstić information content (AvgIpc) is 2.51. The van der Waals surface area contributed by atoms with Crippen LogP contribution in [0.4, 0.5) is 8.78 Å². The Labute approximate surface area is 131 Å². The summed E-state index contributed by atoms with van der Waals surface area (Å²) < 4.78 is 34.2. The van der Waals surface area contributed by atoms with Gasteiger partial charge in [0.1, 0.15) is 17.7 Å². The number of hydrogen-bond acceptors (Lipinski definition) is 2. The molecule has 0 aliphatic carbocycles. The number of hydrogen-bond donors (Lipinski definition) is 1. The van der Waals surface area contributed by atoms with Crippen molar-refractivity contribution in [2.45, 2.75) is 12.1 Å². The minimum Gasteiger partial charge on any atom is -0.375 e. The monoisotopic (exact) mass is 355 g/mol. The van der Waals surface area contributed by atoms with E-state index in [1.807, 2.05) is 30.3 Å². The summed E-state index contributed by atoms with van der Waals surface area (Å²) in [4.78, 5) is 0. The van der Waals surface area contributed by atoms with Gasteiger partial charge in [-0.05, 0) is 40.7 Å². The Morgan fingerprint density at radius 2 is 1.76 bits per heavy atom. The van der Waals surface area contributed by atoms with Crippen LogP contribution in [0, 0.1) is 11.6 Å². The van der Waals surface area contributed by atoms with Crippen molar-refractivity contribution in [3.8, 4) is 0 Å². The minimum atomic E-state index is -0.644. The second-order valence-electron chi connectivity index (χ2n) is 4.59. The summed E-state index contributed by atoms with van der Waals surface area (Å²) >= 11 is 3.09. The first kappa shape index (κ1) is 16.1. The molecule has 0 heterocycles. The summed E-state index contributed by atoms with van der Waals surface area (Å²) in [5, 5.41) is 2.95. The lowest BCUT2D eigenvalue weighted by Gasteiger charge is -2.27. The third-order valence-corrected chi connectivity index (χ3v) is 4.00. The molecule has 0 saturated heterocycles. The zero-order valence-corrected chi connectivity index (χ0v) is 13.3. The van der Waals surface area contributed by atoms with Gasteiger partial charge in [0.2, 0.25) is 0 Å². The molecule has 1 N–H and O–H groups in total. The van der Waals surface area contributed by atoms with E-state index in [0.29, 0.717) is 0 Å². The van der Waals surface area contributed by atoms with E-state index in [-0.39, 0.29) is 10.0 Å². The summed E-state index contributed by atoms with van der Waals surface area (Å²) in [6.07, 6.45) is -0.505. The third-order valence-electron chi connectivity index (χ3n) is 3.39. The molecule has 2 nitrogen and oxygen atoms in total. The Balaban J connectivity index is 2.51. The van der Waals surface area contributed by atoms with Crippen molar-refractivity contribution in [2.24, 2.45) is 0 Å². The first-order valence-corrected chi connectivity index (χ1v) is 7.27. The van der Waals surface area contributed by atoms with Gasteiger partial charge in [-0.3, -0.25) is 0 Å². The molecule has 2 atom stereocenters. The van der Waals surface area contributed by atoms with Crippen LogP contribution < -0.4 is 5.32 Å². The number of methoxy groups -OCH3 is 1. The fourth-order valence-electron chi connectivity index (χ4n) is 2.38. The Morgan fingerprint density at radius 1 is 1.10 bits per heavy atom. The molecule has 0 amide bonds. The van der Waals surface area contributed by atoms with Crippen molar-refractivity contribution in [2.75, 3.05) is 14.2 Å². The lowest BCUT2D eigenvalue weighted by atomic mass is 9.95. The molecule has 0 aliphatic rings. The van der Waals surface area contributed by atoms with Gasteiger partial charge in [-0.25, -0.2) is 8.78 Å². The van der Waals surface area contributed by atoms with Crippen molar-refractivity contribution >= 4 is 15.9 Å². The van der Waals surface area contributed by atoms with Crippen LogP contribution in [0.2, 0.25) is 0 Å². The van der Waals surface area contributed by atoms with E-state index in [1.54, 1.807) is 7.05 Å². The molecule has 2 aromatic rings. The van der Waals surface area contributed by atoms with E-state index in [9.17, 15) is 8.78 Å². The predicted molar refractivity (Wildman–Crippen MR) is 82.1 cm³/mol. The molecule has 0 fully saturated rings. The maximum Gasteiger partial charge on any atom is 0.145 e. The summed E-state index contributed by atoms with van der Waals surface area (Å²) in [5.74, 6) is -1.22. The van der Waals surface area contributed by atoms with Gasteiger partial charge in [0.25, 0.3) is 0 Å². The summed E-state index contributed by atoms with van der Waals surface area (Å²) in [6, 6.07) is 11.3. The first-order chi connectivity index (χ1) is 10.1. The number of rotatable bonds is 5. The van der Waals surface area contributed by atoms with Crippen LogP contribution in [0.25, 0.3) is 0 Å². The Morgan fingerprint density at radius 3 is 2.33 bits per heavy atom. The number of nitrogens with one attached hydrogen (secondary N) is 1. The molecular weight excluding hydrogens is 340 g/mol. The zero-order valence-electron chi connectivity index (χ0n) is 11.7. The number of halogens is 3. The van der Waals surface area contributed by atoms with E-state index >= 15 is 0 Å². The van der Waals surface area contributed by atoms with Gasteiger partial charge >= 0.3 is 0 Å². The fraction of sp³-hybridized carbons (Fsp3) is 0.250. The zero-order chi connectivity index (χ0) is 15.4. The smallest absolute Gasteiger partial charge is 0.145 e. The molecule has 2 aromatic carbocycles. The van der Waals surface area contributed by atoms with Crippen molar-refractivity contribution in [3.05, 3.63) is 69.7 Å². The molecule has 2 rings (SSSR count). The molecule has 0 radical (unpaired) electrons. The van der Waals surface area contributed by atoms with Crippen LogP contribution in [0.15, 0.2) is 46.9 Å². The largest absolute Gasteiger partial charge is 0.375 e. The maximum absolute atomic E-state index is 14.3. The van der Waals surface area contributed by atoms with E-state index in [2.05, 4.69) is 21.2 Å². The maximum atomic E-state index is 14.3. The third kappa shape index (κ3) is 3.31. The second-order valence-corrected chi connectivity index (χ2v) is 5.44. The molecule has 0 aromatic heterocycles. The van der Waals surface area contributed by atoms with E-state index in [4.69, 9.17) is 4.74 Å². The number of benzene rings is 2. The van der Waals surface area contributed by atoms with Crippen molar-refractivity contribution in [1.29, 1.82) is 0 Å². The van der Waals surface area contributed by atoms with Gasteiger partial charge in [-0.1, -0.05) is 30.3 Å². The minimum absolute atomic E-state index is 0.0393. The van der Waals surface area contributed by atoms with E-state index in [1.165, 1.54) is 19.2 Å². The summed E-state index contributed by atoms with van der Waals surface area (Å²) in [6.45, 7) is 0. The lowest BCUT2D eigenvalue weighted by Crippen LogP contribution is -2.27. The van der Waals surface area contributed by atoms with Crippen LogP contribution in [-0.2, 0) is 4.74 Å². The lowest BCUT2D eigenvalue weighted by molar-refractivity contribution is 0.0677. The van der Waals surface area contributed by atoms with Crippen LogP contribution in [-0.4, -0.2) is 14.2 Å². The Kier molecular flexibility index (Phi) is 5.45. The van der Waals surface area contributed by atoms with Crippen molar-refractivity contribution in [3.63, 3.8) is 0 Å². The molecule has 0 saturated carbocycles. The average molecular weight is 356 g/mol. The highest BCUT2D eigenvalue weighted by molar-refractivity contribution is 9.10. The van der Waals surface area contributed by atoms with Gasteiger partial charge in [-0.2, -0.15) is 0 Å². The van der Waals surface area contributed by atoms with Crippen LogP contribution in [0.3, 0.4) is 0 Å². The summed E-state index contributed by atoms with van der Waals surface area (Å²) in [5.41, 5.74) is 0.806. The number of ether oxygens (including phenoxy) is 1. The Bertz CT molecular complexity index is 607. The quantitative estimate of drug-likeness (QED) is 0.803. The SMILES string of the molecule is CNC(c1c(F)ccc(Br)c1F)C(OC)c1ccccc1. The molecule has 2 unspecified atom stereocenters. The van der Waals surface area contributed by atoms with Crippen LogP contribution in [0.5, 0.6) is 0 Å². The van der Waals surface area contributed by atoms with Gasteiger partial charge in [-0.15, -0.1) is 0 Å². The highest BCUT2D eigenvalue weighted by Gasteiger charge is 2.29. The molecule has 0 aliphatic heterocycles. The molecular formula is C16H16BrF2NO. The highest BCUT2D eigenvalue weighted by Crippen LogP contribution is 2.36. The van der Waals surface area contributed by atoms with Crippen LogP contribution >= 0.6 is 15.9 Å². The topological polar surface area (TPSA) is 21.3 Å². The van der Waals surface area contributed by atoms with Gasteiger partial charge in [0.05, 0.1) is 10.5 Å². The Hall–Kier alpha value is -1.30. The van der Waals surface area contributed by atoms with Gasteiger partial charge < -0.3 is 10.1 Å². The van der Waals surface area contributed by atoms with E-state index in [0.717, 1.165) is 5.56 Å². The molecule has 0 spiro atoms. The normalized spacial score (nSPS) is 14.0. The van der Waals surface area contributed by atoms with Crippen molar-refractivity contribution < 1.29 is 13.5 Å². The molecule has 21 heavy (non-hydrogen) atoms. The highest BCUT2D eigenvalue weighted by atomic mass is 79.9. The molecule has 112 valence electrons.